The summed E-state index contributed by atoms with van der Waals surface area (Å²) in [7, 11) is 0. The largest absolute Gasteiger partial charge is 0.379 e. The lowest BCUT2D eigenvalue weighted by Crippen LogP contribution is -2.05. The van der Waals surface area contributed by atoms with Gasteiger partial charge in [-0.3, -0.25) is 0 Å². The van der Waals surface area contributed by atoms with Crippen LogP contribution in [-0.4, -0.2) is 32.3 Å². The van der Waals surface area contributed by atoms with Gasteiger partial charge in [-0.1, -0.05) is 12.8 Å². The third-order valence-corrected chi connectivity index (χ3v) is 2.20. The molecule has 0 N–H and O–H groups in total. The van der Waals surface area contributed by atoms with Crippen LogP contribution in [0.25, 0.3) is 0 Å². The molecule has 0 aromatic rings. The smallest absolute Gasteiger partial charge is 0.0700 e. The molecule has 3 heteroatoms. The van der Waals surface area contributed by atoms with Gasteiger partial charge >= 0.3 is 0 Å². The van der Waals surface area contributed by atoms with Gasteiger partial charge in [-0.25, -0.2) is 0 Å². The van der Waals surface area contributed by atoms with Crippen molar-refractivity contribution in [2.75, 3.05) is 32.3 Å². The van der Waals surface area contributed by atoms with E-state index in [0.29, 0.717) is 26.2 Å². The quantitative estimate of drug-likeness (QED) is 0.310. The zero-order valence-corrected chi connectivity index (χ0v) is 10.1. The number of ether oxygens (including phenoxy) is 2. The van der Waals surface area contributed by atoms with Crippen LogP contribution >= 0.6 is 11.6 Å². The average Bonchev–Trinajstić information content (AvgIpc) is 2.26. The highest BCUT2D eigenvalue weighted by atomic mass is 35.5. The first-order chi connectivity index (χ1) is 7.41. The van der Waals surface area contributed by atoms with E-state index in [1.165, 1.54) is 12.8 Å². The summed E-state index contributed by atoms with van der Waals surface area (Å²) in [6.45, 7) is 2.76. The Morgan fingerprint density at radius 2 is 1.53 bits per heavy atom. The molecule has 0 saturated heterocycles. The molecule has 0 rings (SSSR count). The Morgan fingerprint density at radius 3 is 2.20 bits per heavy atom. The Labute approximate surface area is 98.3 Å². The van der Waals surface area contributed by atoms with Gasteiger partial charge in [-0.15, -0.1) is 23.9 Å². The molecule has 0 aromatic carbocycles. The zero-order valence-electron chi connectivity index (χ0n) is 9.34. The van der Waals surface area contributed by atoms with Crippen LogP contribution in [0.5, 0.6) is 0 Å². The second-order valence-corrected chi connectivity index (χ2v) is 3.66. The lowest BCUT2D eigenvalue weighted by molar-refractivity contribution is 0.0484. The Morgan fingerprint density at radius 1 is 0.867 bits per heavy atom. The minimum atomic E-state index is 0.635. The maximum atomic E-state index is 5.56. The summed E-state index contributed by atoms with van der Waals surface area (Å²) in [5.74, 6) is 3.29. The fraction of sp³-hybridized carbons (Fsp3) is 0.833. The predicted molar refractivity (Wildman–Crippen MR) is 64.3 cm³/mol. The number of unbranched alkanes of at least 4 members (excludes halogenated alkanes) is 3. The van der Waals surface area contributed by atoms with Crippen molar-refractivity contribution >= 4 is 11.6 Å². The van der Waals surface area contributed by atoms with E-state index in [-0.39, 0.29) is 0 Å². The van der Waals surface area contributed by atoms with Crippen LogP contribution in [0.4, 0.5) is 0 Å². The summed E-state index contributed by atoms with van der Waals surface area (Å²) >= 11 is 5.56. The molecule has 0 unspecified atom stereocenters. The molecule has 0 aromatic heterocycles. The maximum Gasteiger partial charge on any atom is 0.0700 e. The van der Waals surface area contributed by atoms with Gasteiger partial charge in [0.15, 0.2) is 0 Å². The van der Waals surface area contributed by atoms with Gasteiger partial charge in [0, 0.05) is 18.9 Å². The van der Waals surface area contributed by atoms with Gasteiger partial charge < -0.3 is 9.47 Å². The molecule has 0 atom stereocenters. The van der Waals surface area contributed by atoms with Crippen molar-refractivity contribution in [3.63, 3.8) is 0 Å². The number of terminal acetylenes is 1. The molecule has 0 bridgehead atoms. The molecule has 15 heavy (non-hydrogen) atoms. The van der Waals surface area contributed by atoms with Crippen molar-refractivity contribution in [1.82, 2.24) is 0 Å². The van der Waals surface area contributed by atoms with Crippen molar-refractivity contribution in [2.24, 2.45) is 0 Å². The highest BCUT2D eigenvalue weighted by molar-refractivity contribution is 6.17. The number of hydrogen-bond donors (Lipinski definition) is 0. The lowest BCUT2D eigenvalue weighted by Gasteiger charge is -2.04. The van der Waals surface area contributed by atoms with Gasteiger partial charge in [-0.2, -0.15) is 0 Å². The van der Waals surface area contributed by atoms with Crippen LogP contribution in [-0.2, 0) is 9.47 Å². The van der Waals surface area contributed by atoms with Gasteiger partial charge in [0.2, 0.25) is 0 Å². The third-order valence-electron chi connectivity index (χ3n) is 1.94. The molecular weight excluding hydrogens is 212 g/mol. The van der Waals surface area contributed by atoms with E-state index in [9.17, 15) is 0 Å². The summed E-state index contributed by atoms with van der Waals surface area (Å²) in [5.41, 5.74) is 0. The van der Waals surface area contributed by atoms with Crippen LogP contribution in [0.15, 0.2) is 0 Å². The second kappa shape index (κ2) is 13.8. The van der Waals surface area contributed by atoms with E-state index in [1.54, 1.807) is 0 Å². The Bertz CT molecular complexity index is 154. The Balaban J connectivity index is 2.84. The van der Waals surface area contributed by atoms with Crippen LogP contribution in [0.3, 0.4) is 0 Å². The van der Waals surface area contributed by atoms with Crippen molar-refractivity contribution in [1.29, 1.82) is 0 Å². The molecule has 88 valence electrons. The summed E-state index contributed by atoms with van der Waals surface area (Å²) < 4.78 is 10.6. The van der Waals surface area contributed by atoms with E-state index in [1.807, 2.05) is 0 Å². The maximum absolute atomic E-state index is 5.56. The monoisotopic (exact) mass is 232 g/mol. The number of hydrogen-bond acceptors (Lipinski definition) is 2. The first-order valence-corrected chi connectivity index (χ1v) is 6.10. The molecular formula is C12H21ClO2. The first kappa shape index (κ1) is 14.8. The fourth-order valence-electron chi connectivity index (χ4n) is 1.11. The molecule has 0 spiro atoms. The minimum absolute atomic E-state index is 0.635. The van der Waals surface area contributed by atoms with Crippen molar-refractivity contribution in [3.05, 3.63) is 0 Å². The Kier molecular flexibility index (Phi) is 13.6. The number of halogens is 1. The molecule has 0 saturated carbocycles. The van der Waals surface area contributed by atoms with Crippen LogP contribution in [0.1, 0.15) is 32.1 Å². The summed E-state index contributed by atoms with van der Waals surface area (Å²) in [4.78, 5) is 0. The normalized spacial score (nSPS) is 10.1. The molecule has 0 heterocycles. The predicted octanol–water partition coefficient (Wildman–Crippen LogP) is 2.84. The summed E-state index contributed by atoms with van der Waals surface area (Å²) in [5, 5.41) is 0. The van der Waals surface area contributed by atoms with Crippen LogP contribution in [0, 0.1) is 12.3 Å². The standard InChI is InChI=1S/C12H21ClO2/c1-2-3-9-14-11-12-15-10-7-5-4-6-8-13/h1H,3-12H2. The van der Waals surface area contributed by atoms with Gasteiger partial charge in [0.05, 0.1) is 19.8 Å². The van der Waals surface area contributed by atoms with E-state index in [0.717, 1.165) is 25.3 Å². The van der Waals surface area contributed by atoms with Crippen molar-refractivity contribution < 1.29 is 9.47 Å². The second-order valence-electron chi connectivity index (χ2n) is 3.28. The molecule has 0 amide bonds. The minimum Gasteiger partial charge on any atom is -0.379 e. The van der Waals surface area contributed by atoms with Gasteiger partial charge in [-0.05, 0) is 12.8 Å². The number of alkyl halides is 1. The Hall–Kier alpha value is -0.230. The number of rotatable bonds is 11. The fourth-order valence-corrected chi connectivity index (χ4v) is 1.29. The van der Waals surface area contributed by atoms with E-state index >= 15 is 0 Å². The molecule has 2 nitrogen and oxygen atoms in total. The lowest BCUT2D eigenvalue weighted by atomic mass is 10.2. The van der Waals surface area contributed by atoms with Gasteiger partial charge in [0.1, 0.15) is 0 Å². The molecule has 0 aliphatic heterocycles. The summed E-state index contributed by atoms with van der Waals surface area (Å²) in [6, 6.07) is 0. The van der Waals surface area contributed by atoms with Crippen LogP contribution < -0.4 is 0 Å². The van der Waals surface area contributed by atoms with E-state index in [4.69, 9.17) is 27.5 Å². The van der Waals surface area contributed by atoms with E-state index in [2.05, 4.69) is 5.92 Å². The first-order valence-electron chi connectivity index (χ1n) is 5.56. The van der Waals surface area contributed by atoms with Crippen LogP contribution in [0.2, 0.25) is 0 Å². The summed E-state index contributed by atoms with van der Waals surface area (Å²) in [6.07, 6.45) is 10.4. The molecule has 0 aliphatic carbocycles. The zero-order chi connectivity index (χ0) is 11.2. The van der Waals surface area contributed by atoms with Crippen molar-refractivity contribution in [2.45, 2.75) is 32.1 Å². The highest BCUT2D eigenvalue weighted by Crippen LogP contribution is 2.00. The molecule has 0 fully saturated rings. The molecule has 0 radical (unpaired) electrons. The highest BCUT2D eigenvalue weighted by Gasteiger charge is 1.91. The average molecular weight is 233 g/mol. The van der Waals surface area contributed by atoms with Crippen molar-refractivity contribution in [3.8, 4) is 12.3 Å². The topological polar surface area (TPSA) is 18.5 Å². The van der Waals surface area contributed by atoms with E-state index < -0.39 is 0 Å². The SMILES string of the molecule is C#CCCOCCOCCCCCCCl. The third kappa shape index (κ3) is 13.8. The molecule has 0 aliphatic rings. The van der Waals surface area contributed by atoms with Gasteiger partial charge in [0.25, 0.3) is 0 Å².